The summed E-state index contributed by atoms with van der Waals surface area (Å²) in [6, 6.07) is 14.2. The van der Waals surface area contributed by atoms with Crippen LogP contribution in [0.15, 0.2) is 48.5 Å². The van der Waals surface area contributed by atoms with E-state index in [4.69, 9.17) is 0 Å². The van der Waals surface area contributed by atoms with Crippen LogP contribution >= 0.6 is 0 Å². The number of hydrogen-bond acceptors (Lipinski definition) is 2. The van der Waals surface area contributed by atoms with Gasteiger partial charge in [-0.05, 0) is 29.7 Å². The summed E-state index contributed by atoms with van der Waals surface area (Å²) in [6.07, 6.45) is 0.444. The summed E-state index contributed by atoms with van der Waals surface area (Å²) in [5.41, 5.74) is 2.56. The van der Waals surface area contributed by atoms with Gasteiger partial charge in [-0.25, -0.2) is 4.39 Å². The lowest BCUT2D eigenvalue weighted by Gasteiger charge is -2.35. The molecule has 0 aliphatic carbocycles. The molecule has 1 saturated heterocycles. The molecule has 4 nitrogen and oxygen atoms in total. The molecule has 0 N–H and O–H groups in total. The number of rotatable bonds is 4. The van der Waals surface area contributed by atoms with Crippen molar-refractivity contribution in [2.75, 3.05) is 26.2 Å². The van der Waals surface area contributed by atoms with Crippen molar-refractivity contribution >= 4 is 11.8 Å². The summed E-state index contributed by atoms with van der Waals surface area (Å²) in [4.78, 5) is 28.4. The van der Waals surface area contributed by atoms with E-state index in [1.165, 1.54) is 6.07 Å². The van der Waals surface area contributed by atoms with E-state index in [2.05, 4.69) is 0 Å². The molecule has 0 radical (unpaired) electrons. The van der Waals surface area contributed by atoms with Crippen molar-refractivity contribution < 1.29 is 14.0 Å². The van der Waals surface area contributed by atoms with Crippen molar-refractivity contribution in [1.29, 1.82) is 0 Å². The van der Waals surface area contributed by atoms with Crippen LogP contribution in [0, 0.1) is 12.7 Å². The summed E-state index contributed by atoms with van der Waals surface area (Å²) in [6.45, 7) is 4.03. The fourth-order valence-corrected chi connectivity index (χ4v) is 3.20. The van der Waals surface area contributed by atoms with Crippen molar-refractivity contribution in [2.45, 2.75) is 19.8 Å². The Bertz CT molecular complexity index is 731. The predicted octanol–water partition coefficient (Wildman–Crippen LogP) is 2.59. The van der Waals surface area contributed by atoms with Crippen LogP contribution < -0.4 is 0 Å². The molecule has 0 bridgehead atoms. The quantitative estimate of drug-likeness (QED) is 0.847. The second-order valence-electron chi connectivity index (χ2n) is 6.63. The van der Waals surface area contributed by atoms with E-state index in [0.29, 0.717) is 38.2 Å². The first-order chi connectivity index (χ1) is 12.5. The second-order valence-corrected chi connectivity index (χ2v) is 6.63. The zero-order chi connectivity index (χ0) is 18.5. The lowest BCUT2D eigenvalue weighted by atomic mass is 10.1. The second kappa shape index (κ2) is 8.13. The largest absolute Gasteiger partial charge is 0.339 e. The topological polar surface area (TPSA) is 40.6 Å². The normalized spacial score (nSPS) is 14.4. The van der Waals surface area contributed by atoms with Gasteiger partial charge in [-0.1, -0.05) is 42.5 Å². The highest BCUT2D eigenvalue weighted by Gasteiger charge is 2.24. The minimum atomic E-state index is -0.354. The number of aryl methyl sites for hydroxylation is 1. The summed E-state index contributed by atoms with van der Waals surface area (Å²) in [5, 5.41) is 0. The summed E-state index contributed by atoms with van der Waals surface area (Å²) in [7, 11) is 0. The van der Waals surface area contributed by atoms with Crippen molar-refractivity contribution in [3.8, 4) is 0 Å². The molecule has 1 aliphatic rings. The van der Waals surface area contributed by atoms with Gasteiger partial charge < -0.3 is 9.80 Å². The highest BCUT2D eigenvalue weighted by Crippen LogP contribution is 2.13. The fraction of sp³-hybridized carbons (Fsp3) is 0.333. The summed E-state index contributed by atoms with van der Waals surface area (Å²) >= 11 is 0. The molecular weight excluding hydrogens is 331 g/mol. The Balaban J connectivity index is 1.52. The van der Waals surface area contributed by atoms with E-state index in [9.17, 15) is 14.0 Å². The number of amides is 2. The minimum Gasteiger partial charge on any atom is -0.339 e. The van der Waals surface area contributed by atoms with Crippen LogP contribution in [-0.2, 0) is 22.4 Å². The molecular formula is C21H23FN2O2. The third kappa shape index (κ3) is 4.28. The third-order valence-electron chi connectivity index (χ3n) is 4.89. The lowest BCUT2D eigenvalue weighted by Crippen LogP contribution is -2.51. The molecule has 0 atom stereocenters. The molecule has 0 aromatic heterocycles. The summed E-state index contributed by atoms with van der Waals surface area (Å²) in [5.74, 6) is -0.366. The van der Waals surface area contributed by atoms with Crippen LogP contribution in [0.4, 0.5) is 4.39 Å². The fourth-order valence-electron chi connectivity index (χ4n) is 3.20. The highest BCUT2D eigenvalue weighted by molar-refractivity contribution is 5.81. The molecule has 0 unspecified atom stereocenters. The molecule has 1 fully saturated rings. The van der Waals surface area contributed by atoms with E-state index >= 15 is 0 Å². The number of hydrogen-bond donors (Lipinski definition) is 0. The number of carbonyl (C=O) groups excluding carboxylic acids is 2. The van der Waals surface area contributed by atoms with Gasteiger partial charge in [0, 0.05) is 26.2 Å². The van der Waals surface area contributed by atoms with Gasteiger partial charge >= 0.3 is 0 Å². The van der Waals surface area contributed by atoms with Gasteiger partial charge in [-0.15, -0.1) is 0 Å². The number of benzene rings is 2. The zero-order valence-electron chi connectivity index (χ0n) is 15.0. The Hall–Kier alpha value is -2.69. The standard InChI is InChI=1S/C21H23FN2O2/c1-16-6-2-3-7-17(16)14-20(25)23-10-12-24(13-11-23)21(26)15-18-8-4-5-9-19(18)22/h2-9H,10-15H2,1H3. The zero-order valence-corrected chi connectivity index (χ0v) is 15.0. The monoisotopic (exact) mass is 354 g/mol. The van der Waals surface area contributed by atoms with E-state index in [-0.39, 0.29) is 24.1 Å². The van der Waals surface area contributed by atoms with Gasteiger partial charge in [0.05, 0.1) is 12.8 Å². The maximum Gasteiger partial charge on any atom is 0.227 e. The molecule has 5 heteroatoms. The molecule has 3 rings (SSSR count). The highest BCUT2D eigenvalue weighted by atomic mass is 19.1. The lowest BCUT2D eigenvalue weighted by molar-refractivity contribution is -0.138. The molecule has 2 aromatic carbocycles. The van der Waals surface area contributed by atoms with Gasteiger partial charge in [0.2, 0.25) is 11.8 Å². The van der Waals surface area contributed by atoms with E-state index < -0.39 is 0 Å². The Kier molecular flexibility index (Phi) is 5.66. The van der Waals surface area contributed by atoms with Gasteiger partial charge in [-0.3, -0.25) is 9.59 Å². The van der Waals surface area contributed by atoms with Gasteiger partial charge in [0.1, 0.15) is 5.82 Å². The average molecular weight is 354 g/mol. The van der Waals surface area contributed by atoms with E-state index in [1.54, 1.807) is 28.0 Å². The third-order valence-corrected chi connectivity index (χ3v) is 4.89. The number of nitrogens with zero attached hydrogens (tertiary/aromatic N) is 2. The van der Waals surface area contributed by atoms with Gasteiger partial charge in [-0.2, -0.15) is 0 Å². The number of halogens is 1. The summed E-state index contributed by atoms with van der Waals surface area (Å²) < 4.78 is 13.7. The Morgan fingerprint density at radius 2 is 1.27 bits per heavy atom. The predicted molar refractivity (Wildman–Crippen MR) is 98.1 cm³/mol. The Morgan fingerprint density at radius 3 is 1.81 bits per heavy atom. The van der Waals surface area contributed by atoms with Crippen LogP contribution in [0.3, 0.4) is 0 Å². The first-order valence-corrected chi connectivity index (χ1v) is 8.88. The molecule has 1 heterocycles. The Labute approximate surface area is 153 Å². The van der Waals surface area contributed by atoms with Crippen LogP contribution in [0.25, 0.3) is 0 Å². The molecule has 0 saturated carbocycles. The first kappa shape index (κ1) is 18.1. The van der Waals surface area contributed by atoms with Crippen LogP contribution in [-0.4, -0.2) is 47.8 Å². The van der Waals surface area contributed by atoms with Crippen LogP contribution in [0.2, 0.25) is 0 Å². The maximum absolute atomic E-state index is 13.7. The first-order valence-electron chi connectivity index (χ1n) is 8.88. The molecule has 2 aromatic rings. The minimum absolute atomic E-state index is 0.0594. The molecule has 136 valence electrons. The molecule has 0 spiro atoms. The van der Waals surface area contributed by atoms with Crippen LogP contribution in [0.5, 0.6) is 0 Å². The molecule has 1 aliphatic heterocycles. The number of piperazine rings is 1. The van der Waals surface area contributed by atoms with E-state index in [0.717, 1.165) is 11.1 Å². The Morgan fingerprint density at radius 1 is 0.808 bits per heavy atom. The molecule has 2 amide bonds. The van der Waals surface area contributed by atoms with Crippen molar-refractivity contribution in [3.63, 3.8) is 0 Å². The number of carbonyl (C=O) groups is 2. The van der Waals surface area contributed by atoms with Crippen LogP contribution in [0.1, 0.15) is 16.7 Å². The van der Waals surface area contributed by atoms with Gasteiger partial charge in [0.25, 0.3) is 0 Å². The van der Waals surface area contributed by atoms with E-state index in [1.807, 2.05) is 31.2 Å². The van der Waals surface area contributed by atoms with Gasteiger partial charge in [0.15, 0.2) is 0 Å². The average Bonchev–Trinajstić information content (AvgIpc) is 2.65. The van der Waals surface area contributed by atoms with Crippen molar-refractivity contribution in [2.24, 2.45) is 0 Å². The maximum atomic E-state index is 13.7. The van der Waals surface area contributed by atoms with Crippen molar-refractivity contribution in [3.05, 3.63) is 71.0 Å². The SMILES string of the molecule is Cc1ccccc1CC(=O)N1CCN(C(=O)Cc2ccccc2F)CC1. The molecule has 26 heavy (non-hydrogen) atoms. The van der Waals surface area contributed by atoms with Crippen molar-refractivity contribution in [1.82, 2.24) is 9.80 Å². The smallest absolute Gasteiger partial charge is 0.227 e.